The van der Waals surface area contributed by atoms with Crippen molar-refractivity contribution in [2.24, 2.45) is 5.92 Å². The van der Waals surface area contributed by atoms with Gasteiger partial charge in [-0.05, 0) is 43.0 Å². The number of carbonyl (C=O) groups excluding carboxylic acids is 1. The summed E-state index contributed by atoms with van der Waals surface area (Å²) in [5.74, 6) is 0.216. The van der Waals surface area contributed by atoms with Gasteiger partial charge in [-0.15, -0.1) is 0 Å². The molecule has 1 aromatic carbocycles. The van der Waals surface area contributed by atoms with E-state index in [0.717, 1.165) is 17.7 Å². The highest BCUT2D eigenvalue weighted by Crippen LogP contribution is 2.27. The van der Waals surface area contributed by atoms with Gasteiger partial charge in [-0.1, -0.05) is 32.1 Å². The fourth-order valence-corrected chi connectivity index (χ4v) is 3.04. The lowest BCUT2D eigenvalue weighted by molar-refractivity contribution is -0.139. The Hall–Kier alpha value is -2.04. The normalized spacial score (nSPS) is 15.2. The molecule has 0 atom stereocenters. The lowest BCUT2D eigenvalue weighted by atomic mass is 9.86. The summed E-state index contributed by atoms with van der Waals surface area (Å²) in [6, 6.07) is 5.16. The number of aliphatic carboxylic acids is 1. The minimum absolute atomic E-state index is 0.0397. The molecule has 2 rings (SSSR count). The molecule has 1 saturated carbocycles. The largest absolute Gasteiger partial charge is 0.482 e. The molecule has 2 N–H and O–H groups in total. The number of nitrogens with one attached hydrogen (secondary N) is 1. The van der Waals surface area contributed by atoms with Crippen molar-refractivity contribution in [2.75, 3.05) is 11.9 Å². The van der Waals surface area contributed by atoms with E-state index in [2.05, 4.69) is 5.32 Å². The van der Waals surface area contributed by atoms with Gasteiger partial charge in [0.25, 0.3) is 0 Å². The number of carbonyl (C=O) groups is 2. The molecule has 0 aromatic heterocycles. The van der Waals surface area contributed by atoms with Gasteiger partial charge in [-0.25, -0.2) is 4.79 Å². The van der Waals surface area contributed by atoms with E-state index < -0.39 is 5.97 Å². The molecule has 1 aliphatic carbocycles. The van der Waals surface area contributed by atoms with E-state index in [9.17, 15) is 9.59 Å². The van der Waals surface area contributed by atoms with Crippen LogP contribution in [-0.4, -0.2) is 23.6 Å². The molecule has 1 aromatic rings. The number of benzene rings is 1. The summed E-state index contributed by atoms with van der Waals surface area (Å²) in [6.07, 6.45) is 7.94. The number of aryl methyl sites for hydroxylation is 1. The molecule has 0 heterocycles. The van der Waals surface area contributed by atoms with Crippen molar-refractivity contribution in [2.45, 2.75) is 51.9 Å². The first-order valence-corrected chi connectivity index (χ1v) is 8.29. The lowest BCUT2D eigenvalue weighted by Crippen LogP contribution is -2.15. The first kappa shape index (κ1) is 17.3. The van der Waals surface area contributed by atoms with Crippen LogP contribution in [-0.2, 0) is 9.59 Å². The maximum atomic E-state index is 12.1. The van der Waals surface area contributed by atoms with E-state index in [1.54, 1.807) is 18.2 Å². The number of amides is 1. The van der Waals surface area contributed by atoms with Crippen LogP contribution in [0.4, 0.5) is 5.69 Å². The van der Waals surface area contributed by atoms with Crippen molar-refractivity contribution in [3.05, 3.63) is 23.8 Å². The third-order valence-corrected chi connectivity index (χ3v) is 4.34. The maximum absolute atomic E-state index is 12.1. The van der Waals surface area contributed by atoms with Crippen molar-refractivity contribution in [3.8, 4) is 5.75 Å². The number of carboxylic acid groups (broad SMARTS) is 1. The first-order chi connectivity index (χ1) is 11.0. The van der Waals surface area contributed by atoms with Crippen molar-refractivity contribution in [1.82, 2.24) is 0 Å². The molecule has 5 heteroatoms. The van der Waals surface area contributed by atoms with E-state index in [1.807, 2.05) is 6.92 Å². The van der Waals surface area contributed by atoms with Crippen LogP contribution in [0.5, 0.6) is 5.75 Å². The average molecular weight is 319 g/mol. The van der Waals surface area contributed by atoms with E-state index in [1.165, 1.54) is 32.1 Å². The van der Waals surface area contributed by atoms with Gasteiger partial charge < -0.3 is 15.2 Å². The standard InChI is InChI=1S/C18H25NO4/c1-13-11-15(23-12-18(21)22)8-9-16(13)19-17(20)10-7-14-5-3-2-4-6-14/h8-9,11,14H,2-7,10,12H2,1H3,(H,19,20)(H,21,22). The summed E-state index contributed by atoms with van der Waals surface area (Å²) < 4.78 is 5.12. The molecular formula is C18H25NO4. The Labute approximate surface area is 137 Å². The van der Waals surface area contributed by atoms with Crippen LogP contribution < -0.4 is 10.1 Å². The quantitative estimate of drug-likeness (QED) is 0.802. The Morgan fingerprint density at radius 1 is 1.26 bits per heavy atom. The number of hydrogen-bond acceptors (Lipinski definition) is 3. The summed E-state index contributed by atoms with van der Waals surface area (Å²) >= 11 is 0. The van der Waals surface area contributed by atoms with Crippen LogP contribution in [0.3, 0.4) is 0 Å². The Balaban J connectivity index is 1.81. The predicted molar refractivity (Wildman–Crippen MR) is 88.7 cm³/mol. The van der Waals surface area contributed by atoms with Gasteiger partial charge in [0.2, 0.25) is 5.91 Å². The van der Waals surface area contributed by atoms with Crippen LogP contribution in [0.2, 0.25) is 0 Å². The minimum Gasteiger partial charge on any atom is -0.482 e. The van der Waals surface area contributed by atoms with E-state index >= 15 is 0 Å². The predicted octanol–water partition coefficient (Wildman–Crippen LogP) is 3.76. The molecule has 0 unspecified atom stereocenters. The number of hydrogen-bond donors (Lipinski definition) is 2. The third kappa shape index (κ3) is 5.93. The molecular weight excluding hydrogens is 294 g/mol. The van der Waals surface area contributed by atoms with Crippen LogP contribution in [0, 0.1) is 12.8 Å². The van der Waals surface area contributed by atoms with Crippen LogP contribution in [0.25, 0.3) is 0 Å². The van der Waals surface area contributed by atoms with Gasteiger partial charge in [0.15, 0.2) is 6.61 Å². The van der Waals surface area contributed by atoms with Gasteiger partial charge in [0, 0.05) is 12.1 Å². The Morgan fingerprint density at radius 2 is 2.00 bits per heavy atom. The number of rotatable bonds is 7. The fraction of sp³-hybridized carbons (Fsp3) is 0.556. The van der Waals surface area contributed by atoms with Gasteiger partial charge in [-0.2, -0.15) is 0 Å². The molecule has 1 amide bonds. The number of anilines is 1. The highest BCUT2D eigenvalue weighted by atomic mass is 16.5. The second-order valence-corrected chi connectivity index (χ2v) is 6.25. The smallest absolute Gasteiger partial charge is 0.341 e. The SMILES string of the molecule is Cc1cc(OCC(=O)O)ccc1NC(=O)CCC1CCCCC1. The second kappa shape index (κ2) is 8.56. The number of carboxylic acids is 1. The van der Waals surface area contributed by atoms with Crippen molar-refractivity contribution < 1.29 is 19.4 Å². The van der Waals surface area contributed by atoms with E-state index in [0.29, 0.717) is 18.1 Å². The molecule has 5 nitrogen and oxygen atoms in total. The van der Waals surface area contributed by atoms with Gasteiger partial charge in [0.1, 0.15) is 5.75 Å². The summed E-state index contributed by atoms with van der Waals surface area (Å²) in [6.45, 7) is 1.50. The third-order valence-electron chi connectivity index (χ3n) is 4.34. The molecule has 0 radical (unpaired) electrons. The minimum atomic E-state index is -1.01. The Morgan fingerprint density at radius 3 is 2.65 bits per heavy atom. The van der Waals surface area contributed by atoms with Crippen LogP contribution in [0.15, 0.2) is 18.2 Å². The summed E-state index contributed by atoms with van der Waals surface area (Å²) in [7, 11) is 0. The number of ether oxygens (including phenoxy) is 1. The van der Waals surface area contributed by atoms with Gasteiger partial charge >= 0.3 is 5.97 Å². The molecule has 0 saturated heterocycles. The monoisotopic (exact) mass is 319 g/mol. The molecule has 0 aliphatic heterocycles. The van der Waals surface area contributed by atoms with Crippen LogP contribution in [0.1, 0.15) is 50.5 Å². The highest BCUT2D eigenvalue weighted by Gasteiger charge is 2.15. The van der Waals surface area contributed by atoms with E-state index in [4.69, 9.17) is 9.84 Å². The molecule has 0 bridgehead atoms. The molecule has 0 spiro atoms. The van der Waals surface area contributed by atoms with Gasteiger partial charge in [-0.3, -0.25) is 4.79 Å². The Kier molecular flexibility index (Phi) is 6.44. The fourth-order valence-electron chi connectivity index (χ4n) is 3.04. The van der Waals surface area contributed by atoms with E-state index in [-0.39, 0.29) is 12.5 Å². The first-order valence-electron chi connectivity index (χ1n) is 8.29. The summed E-state index contributed by atoms with van der Waals surface area (Å²) in [5, 5.41) is 11.5. The summed E-state index contributed by atoms with van der Waals surface area (Å²) in [4.78, 5) is 22.6. The Bertz CT molecular complexity index is 550. The second-order valence-electron chi connectivity index (χ2n) is 6.25. The highest BCUT2D eigenvalue weighted by molar-refractivity contribution is 5.91. The maximum Gasteiger partial charge on any atom is 0.341 e. The topological polar surface area (TPSA) is 75.6 Å². The van der Waals surface area contributed by atoms with Crippen molar-refractivity contribution in [3.63, 3.8) is 0 Å². The van der Waals surface area contributed by atoms with Crippen LogP contribution >= 0.6 is 0 Å². The molecule has 126 valence electrons. The molecule has 1 aliphatic rings. The molecule has 1 fully saturated rings. The lowest BCUT2D eigenvalue weighted by Gasteiger charge is -2.21. The zero-order chi connectivity index (χ0) is 16.7. The molecule has 23 heavy (non-hydrogen) atoms. The zero-order valence-corrected chi connectivity index (χ0v) is 13.6. The van der Waals surface area contributed by atoms with Gasteiger partial charge in [0.05, 0.1) is 0 Å². The zero-order valence-electron chi connectivity index (χ0n) is 13.6. The van der Waals surface area contributed by atoms with Crippen molar-refractivity contribution >= 4 is 17.6 Å². The van der Waals surface area contributed by atoms with Crippen molar-refractivity contribution in [1.29, 1.82) is 0 Å². The summed E-state index contributed by atoms with van der Waals surface area (Å²) in [5.41, 5.74) is 1.61. The average Bonchev–Trinajstić information content (AvgIpc) is 2.54.